The Hall–Kier alpha value is -1.02. The molecule has 3 heteroatoms. The number of halogens is 1. The Morgan fingerprint density at radius 3 is 3.27 bits per heavy atom. The van der Waals surface area contributed by atoms with Gasteiger partial charge in [-0.05, 0) is 12.5 Å². The highest BCUT2D eigenvalue weighted by Crippen LogP contribution is 2.14. The van der Waals surface area contributed by atoms with Crippen LogP contribution in [0, 0.1) is 13.0 Å². The lowest BCUT2D eigenvalue weighted by Crippen LogP contribution is -1.85. The molecule has 0 atom stereocenters. The lowest BCUT2D eigenvalue weighted by molar-refractivity contribution is 1.17. The molecule has 11 heavy (non-hydrogen) atoms. The fraction of sp³-hybridized carbons (Fsp3) is 0.125. The number of fused-ring (bicyclic) bond motifs is 1. The van der Waals surface area contributed by atoms with Crippen molar-refractivity contribution in [2.24, 2.45) is 0 Å². The van der Waals surface area contributed by atoms with Crippen LogP contribution in [0.4, 0.5) is 0 Å². The van der Waals surface area contributed by atoms with Crippen molar-refractivity contribution < 1.29 is 0 Å². The number of imidazole rings is 1. The largest absolute Gasteiger partial charge is 0.305 e. The van der Waals surface area contributed by atoms with Gasteiger partial charge in [-0.2, -0.15) is 0 Å². The molecule has 0 fully saturated rings. The van der Waals surface area contributed by atoms with E-state index in [0.29, 0.717) is 0 Å². The zero-order valence-corrected chi connectivity index (χ0v) is 6.76. The standard InChI is InChI=1S/C8H6ClN2/c1-6-4-8-10-2-3-11(8)5-7(6)9/h2-3,5H,1H3. The molecular weight excluding hydrogens is 160 g/mol. The second-order valence-corrected chi connectivity index (χ2v) is 2.79. The predicted octanol–water partition coefficient (Wildman–Crippen LogP) is 2.10. The molecule has 0 bridgehead atoms. The Labute approximate surface area is 69.4 Å². The van der Waals surface area contributed by atoms with Gasteiger partial charge in [0.25, 0.3) is 0 Å². The number of aryl methyl sites for hydroxylation is 1. The molecule has 2 rings (SSSR count). The molecule has 2 nitrogen and oxygen atoms in total. The predicted molar refractivity (Wildman–Crippen MR) is 43.8 cm³/mol. The van der Waals surface area contributed by atoms with E-state index in [1.54, 1.807) is 6.20 Å². The molecule has 2 aromatic heterocycles. The van der Waals surface area contributed by atoms with E-state index < -0.39 is 0 Å². The highest BCUT2D eigenvalue weighted by Gasteiger charge is 1.98. The zero-order valence-electron chi connectivity index (χ0n) is 6.00. The number of nitrogens with zero attached hydrogens (tertiary/aromatic N) is 2. The normalized spacial score (nSPS) is 10.7. The fourth-order valence-electron chi connectivity index (χ4n) is 0.960. The van der Waals surface area contributed by atoms with Crippen LogP contribution in [-0.4, -0.2) is 9.38 Å². The summed E-state index contributed by atoms with van der Waals surface area (Å²) in [5, 5.41) is 0.718. The maximum Gasteiger partial charge on any atom is 0.145 e. The van der Waals surface area contributed by atoms with Gasteiger partial charge in [0.05, 0.1) is 5.02 Å². The smallest absolute Gasteiger partial charge is 0.145 e. The van der Waals surface area contributed by atoms with Crippen molar-refractivity contribution in [1.29, 1.82) is 0 Å². The molecule has 0 unspecified atom stereocenters. The van der Waals surface area contributed by atoms with Crippen LogP contribution in [0.2, 0.25) is 5.02 Å². The van der Waals surface area contributed by atoms with E-state index in [4.69, 9.17) is 11.6 Å². The third kappa shape index (κ3) is 0.994. The van der Waals surface area contributed by atoms with E-state index in [9.17, 15) is 0 Å². The van der Waals surface area contributed by atoms with Gasteiger partial charge in [-0.15, -0.1) is 0 Å². The summed E-state index contributed by atoms with van der Waals surface area (Å²) in [6, 6.07) is 3.06. The maximum absolute atomic E-state index is 5.86. The van der Waals surface area contributed by atoms with Crippen LogP contribution >= 0.6 is 11.6 Å². The first-order chi connectivity index (χ1) is 5.27. The second kappa shape index (κ2) is 2.24. The van der Waals surface area contributed by atoms with E-state index in [1.807, 2.05) is 23.7 Å². The topological polar surface area (TPSA) is 17.3 Å². The van der Waals surface area contributed by atoms with Crippen LogP contribution in [0.5, 0.6) is 0 Å². The maximum atomic E-state index is 5.86. The average Bonchev–Trinajstić information content (AvgIpc) is 2.36. The molecule has 0 saturated carbocycles. The van der Waals surface area contributed by atoms with Gasteiger partial charge in [0.15, 0.2) is 0 Å². The van der Waals surface area contributed by atoms with Crippen molar-refractivity contribution in [2.75, 3.05) is 0 Å². The van der Waals surface area contributed by atoms with Crippen molar-refractivity contribution in [3.05, 3.63) is 35.2 Å². The molecule has 0 aliphatic carbocycles. The summed E-state index contributed by atoms with van der Waals surface area (Å²) in [4.78, 5) is 4.07. The first kappa shape index (κ1) is 6.68. The summed E-state index contributed by atoms with van der Waals surface area (Å²) in [5.74, 6) is 0. The Kier molecular flexibility index (Phi) is 1.36. The molecule has 0 saturated heterocycles. The van der Waals surface area contributed by atoms with Crippen LogP contribution in [-0.2, 0) is 0 Å². The van der Waals surface area contributed by atoms with Gasteiger partial charge in [0.1, 0.15) is 5.65 Å². The Morgan fingerprint density at radius 2 is 2.45 bits per heavy atom. The van der Waals surface area contributed by atoms with E-state index in [2.05, 4.69) is 11.1 Å². The van der Waals surface area contributed by atoms with Gasteiger partial charge in [-0.1, -0.05) is 11.6 Å². The monoisotopic (exact) mass is 165 g/mol. The third-order valence-electron chi connectivity index (χ3n) is 1.58. The Balaban J connectivity index is 2.86. The van der Waals surface area contributed by atoms with Gasteiger partial charge in [0, 0.05) is 24.7 Å². The molecule has 2 heterocycles. The van der Waals surface area contributed by atoms with Gasteiger partial charge in [-0.25, -0.2) is 4.98 Å². The quantitative estimate of drug-likeness (QED) is 0.585. The first-order valence-electron chi connectivity index (χ1n) is 3.28. The number of pyridine rings is 1. The minimum atomic E-state index is 0.718. The molecule has 0 aliphatic heterocycles. The zero-order chi connectivity index (χ0) is 7.84. The van der Waals surface area contributed by atoms with Crippen LogP contribution < -0.4 is 0 Å². The molecule has 0 N–H and O–H groups in total. The SMILES string of the molecule is Cc1[c]c2nccn2cc1Cl. The Bertz CT molecular complexity index is 356. The van der Waals surface area contributed by atoms with Gasteiger partial charge >= 0.3 is 0 Å². The number of hydrogen-bond acceptors (Lipinski definition) is 1. The van der Waals surface area contributed by atoms with Gasteiger partial charge in [0.2, 0.25) is 0 Å². The van der Waals surface area contributed by atoms with E-state index in [1.165, 1.54) is 0 Å². The lowest BCUT2D eigenvalue weighted by Gasteiger charge is -1.97. The number of hydrogen-bond donors (Lipinski definition) is 0. The molecule has 1 radical (unpaired) electrons. The summed E-state index contributed by atoms with van der Waals surface area (Å²) in [6.07, 6.45) is 5.40. The highest BCUT2D eigenvalue weighted by molar-refractivity contribution is 6.31. The van der Waals surface area contributed by atoms with Crippen LogP contribution in [0.3, 0.4) is 0 Å². The van der Waals surface area contributed by atoms with Crippen LogP contribution in [0.15, 0.2) is 18.6 Å². The van der Waals surface area contributed by atoms with Crippen molar-refractivity contribution >= 4 is 17.2 Å². The van der Waals surface area contributed by atoms with Crippen LogP contribution in [0.25, 0.3) is 5.65 Å². The molecule has 0 spiro atoms. The van der Waals surface area contributed by atoms with E-state index >= 15 is 0 Å². The van der Waals surface area contributed by atoms with Crippen molar-refractivity contribution in [3.8, 4) is 0 Å². The Morgan fingerprint density at radius 1 is 1.64 bits per heavy atom. The van der Waals surface area contributed by atoms with Crippen molar-refractivity contribution in [2.45, 2.75) is 6.92 Å². The molecule has 0 amide bonds. The summed E-state index contributed by atoms with van der Waals surface area (Å²) < 4.78 is 1.84. The lowest BCUT2D eigenvalue weighted by atomic mass is 10.3. The molecular formula is C8H6ClN2. The first-order valence-corrected chi connectivity index (χ1v) is 3.66. The fourth-order valence-corrected chi connectivity index (χ4v) is 1.11. The minimum Gasteiger partial charge on any atom is -0.305 e. The third-order valence-corrected chi connectivity index (χ3v) is 1.96. The van der Waals surface area contributed by atoms with Gasteiger partial charge in [-0.3, -0.25) is 0 Å². The second-order valence-electron chi connectivity index (χ2n) is 2.39. The number of rotatable bonds is 0. The number of aromatic nitrogens is 2. The van der Waals surface area contributed by atoms with E-state index in [-0.39, 0.29) is 0 Å². The molecule has 0 aliphatic rings. The highest BCUT2D eigenvalue weighted by atomic mass is 35.5. The molecule has 55 valence electrons. The van der Waals surface area contributed by atoms with Gasteiger partial charge < -0.3 is 4.40 Å². The van der Waals surface area contributed by atoms with Crippen molar-refractivity contribution in [3.63, 3.8) is 0 Å². The molecule has 0 aromatic carbocycles. The summed E-state index contributed by atoms with van der Waals surface area (Å²) in [5.41, 5.74) is 1.75. The minimum absolute atomic E-state index is 0.718. The summed E-state index contributed by atoms with van der Waals surface area (Å²) in [6.45, 7) is 1.91. The summed E-state index contributed by atoms with van der Waals surface area (Å²) >= 11 is 5.86. The average molecular weight is 166 g/mol. The van der Waals surface area contributed by atoms with E-state index in [0.717, 1.165) is 16.2 Å². The summed E-state index contributed by atoms with van der Waals surface area (Å²) in [7, 11) is 0. The van der Waals surface area contributed by atoms with Crippen LogP contribution in [0.1, 0.15) is 5.56 Å². The van der Waals surface area contributed by atoms with Crippen molar-refractivity contribution in [1.82, 2.24) is 9.38 Å². The molecule has 2 aromatic rings.